The highest BCUT2D eigenvalue weighted by atomic mass is 16.2. The van der Waals surface area contributed by atoms with Crippen molar-refractivity contribution in [1.29, 1.82) is 0 Å². The molecule has 114 valence electrons. The highest BCUT2D eigenvalue weighted by Crippen LogP contribution is 2.16. The van der Waals surface area contributed by atoms with Gasteiger partial charge in [0.05, 0.1) is 0 Å². The number of nitrogens with zero attached hydrogens (tertiary/aromatic N) is 3. The molecule has 21 heavy (non-hydrogen) atoms. The fourth-order valence-electron chi connectivity index (χ4n) is 2.68. The number of pyridine rings is 1. The van der Waals surface area contributed by atoms with Gasteiger partial charge in [0.15, 0.2) is 0 Å². The van der Waals surface area contributed by atoms with Gasteiger partial charge in [-0.3, -0.25) is 19.5 Å². The maximum atomic E-state index is 12.5. The quantitative estimate of drug-likeness (QED) is 0.873. The van der Waals surface area contributed by atoms with Gasteiger partial charge in [0.1, 0.15) is 6.04 Å². The standard InChI is InChI=1S/C15H22N4O2/c1-11(2)19-9-8-18(10-13(19)14(20)16-3)15(21)12-4-6-17-7-5-12/h4-7,11,13H,8-10H2,1-3H3,(H,16,20)/t13-/m0/s1. The normalized spacial score (nSPS) is 19.6. The Balaban J connectivity index is 2.14. The molecule has 1 aliphatic heterocycles. The van der Waals surface area contributed by atoms with Crippen LogP contribution in [-0.4, -0.2) is 65.4 Å². The number of piperazine rings is 1. The molecule has 0 unspecified atom stereocenters. The van der Waals surface area contributed by atoms with Gasteiger partial charge in [0.25, 0.3) is 5.91 Å². The Hall–Kier alpha value is -1.95. The average molecular weight is 290 g/mol. The third-order valence-corrected chi connectivity index (χ3v) is 3.85. The van der Waals surface area contributed by atoms with Gasteiger partial charge in [-0.1, -0.05) is 0 Å². The lowest BCUT2D eigenvalue weighted by Crippen LogP contribution is -2.61. The lowest BCUT2D eigenvalue weighted by Gasteiger charge is -2.42. The summed E-state index contributed by atoms with van der Waals surface area (Å²) < 4.78 is 0. The predicted octanol–water partition coefficient (Wildman–Crippen LogP) is 0.362. The number of carbonyl (C=O) groups is 2. The first-order valence-corrected chi connectivity index (χ1v) is 7.21. The van der Waals surface area contributed by atoms with Crippen molar-refractivity contribution < 1.29 is 9.59 Å². The Morgan fingerprint density at radius 1 is 1.29 bits per heavy atom. The Kier molecular flexibility index (Phi) is 4.90. The molecule has 1 fully saturated rings. The van der Waals surface area contributed by atoms with Crippen LogP contribution >= 0.6 is 0 Å². The lowest BCUT2D eigenvalue weighted by atomic mass is 10.1. The number of nitrogens with one attached hydrogen (secondary N) is 1. The molecular formula is C15H22N4O2. The van der Waals surface area contributed by atoms with Gasteiger partial charge in [-0.25, -0.2) is 0 Å². The second-order valence-corrected chi connectivity index (χ2v) is 5.45. The van der Waals surface area contributed by atoms with Crippen LogP contribution in [0.4, 0.5) is 0 Å². The molecule has 2 heterocycles. The minimum absolute atomic E-state index is 0.0454. The third kappa shape index (κ3) is 3.39. The molecule has 2 rings (SSSR count). The Bertz CT molecular complexity index is 504. The second kappa shape index (κ2) is 6.67. The number of hydrogen-bond acceptors (Lipinski definition) is 4. The summed E-state index contributed by atoms with van der Waals surface area (Å²) in [7, 11) is 1.63. The topological polar surface area (TPSA) is 65.5 Å². The monoisotopic (exact) mass is 290 g/mol. The summed E-state index contributed by atoms with van der Waals surface area (Å²) in [6, 6.07) is 3.37. The van der Waals surface area contributed by atoms with E-state index in [4.69, 9.17) is 0 Å². The Morgan fingerprint density at radius 2 is 1.95 bits per heavy atom. The zero-order valence-corrected chi connectivity index (χ0v) is 12.7. The predicted molar refractivity (Wildman–Crippen MR) is 79.8 cm³/mol. The van der Waals surface area contributed by atoms with Crippen molar-refractivity contribution in [3.63, 3.8) is 0 Å². The molecule has 1 aromatic heterocycles. The number of aromatic nitrogens is 1. The Labute approximate surface area is 125 Å². The summed E-state index contributed by atoms with van der Waals surface area (Å²) in [6.45, 7) is 5.88. The zero-order chi connectivity index (χ0) is 15.4. The van der Waals surface area contributed by atoms with E-state index in [2.05, 4.69) is 29.0 Å². The van der Waals surface area contributed by atoms with Gasteiger partial charge in [-0.05, 0) is 26.0 Å². The van der Waals surface area contributed by atoms with Crippen molar-refractivity contribution in [3.05, 3.63) is 30.1 Å². The molecule has 1 saturated heterocycles. The van der Waals surface area contributed by atoms with Crippen molar-refractivity contribution in [2.24, 2.45) is 0 Å². The fraction of sp³-hybridized carbons (Fsp3) is 0.533. The van der Waals surface area contributed by atoms with Crippen LogP contribution in [0.2, 0.25) is 0 Å². The summed E-state index contributed by atoms with van der Waals surface area (Å²) in [4.78, 5) is 32.4. The van der Waals surface area contributed by atoms with E-state index in [0.717, 1.165) is 0 Å². The van der Waals surface area contributed by atoms with E-state index in [1.165, 1.54) is 0 Å². The zero-order valence-electron chi connectivity index (χ0n) is 12.7. The van der Waals surface area contributed by atoms with E-state index in [1.807, 2.05) is 0 Å². The second-order valence-electron chi connectivity index (χ2n) is 5.45. The summed E-state index contributed by atoms with van der Waals surface area (Å²) in [5.41, 5.74) is 0.610. The molecule has 2 amide bonds. The smallest absolute Gasteiger partial charge is 0.254 e. The van der Waals surface area contributed by atoms with Gasteiger partial charge >= 0.3 is 0 Å². The van der Waals surface area contributed by atoms with Crippen LogP contribution in [-0.2, 0) is 4.79 Å². The van der Waals surface area contributed by atoms with E-state index >= 15 is 0 Å². The van der Waals surface area contributed by atoms with Crippen LogP contribution in [0.15, 0.2) is 24.5 Å². The van der Waals surface area contributed by atoms with Crippen molar-refractivity contribution >= 4 is 11.8 Å². The van der Waals surface area contributed by atoms with E-state index in [9.17, 15) is 9.59 Å². The summed E-state index contributed by atoms with van der Waals surface area (Å²) in [5, 5.41) is 2.69. The highest BCUT2D eigenvalue weighted by Gasteiger charge is 2.35. The minimum atomic E-state index is -0.297. The molecule has 1 aliphatic rings. The average Bonchev–Trinajstić information content (AvgIpc) is 2.53. The van der Waals surface area contributed by atoms with Crippen LogP contribution < -0.4 is 5.32 Å². The molecule has 6 nitrogen and oxygen atoms in total. The number of likely N-dealkylation sites (N-methyl/N-ethyl adjacent to an activating group) is 1. The highest BCUT2D eigenvalue weighted by molar-refractivity contribution is 5.94. The molecule has 6 heteroatoms. The molecule has 1 aromatic rings. The lowest BCUT2D eigenvalue weighted by molar-refractivity contribution is -0.128. The summed E-state index contributed by atoms with van der Waals surface area (Å²) in [6.07, 6.45) is 3.21. The van der Waals surface area contributed by atoms with Gasteiger partial charge in [-0.15, -0.1) is 0 Å². The number of carbonyl (C=O) groups excluding carboxylic acids is 2. The van der Waals surface area contributed by atoms with Gasteiger partial charge in [0.2, 0.25) is 5.91 Å². The minimum Gasteiger partial charge on any atom is -0.358 e. The van der Waals surface area contributed by atoms with Crippen molar-refractivity contribution in [2.45, 2.75) is 25.9 Å². The molecule has 1 N–H and O–H groups in total. The van der Waals surface area contributed by atoms with Crippen molar-refractivity contribution in [1.82, 2.24) is 20.1 Å². The van der Waals surface area contributed by atoms with E-state index in [0.29, 0.717) is 25.2 Å². The number of rotatable bonds is 3. The van der Waals surface area contributed by atoms with Gasteiger partial charge in [0, 0.05) is 50.7 Å². The van der Waals surface area contributed by atoms with Crippen LogP contribution in [0.3, 0.4) is 0 Å². The van der Waals surface area contributed by atoms with Crippen molar-refractivity contribution in [2.75, 3.05) is 26.7 Å². The molecule has 0 spiro atoms. The first kappa shape index (κ1) is 15.4. The number of amides is 2. The van der Waals surface area contributed by atoms with E-state index in [-0.39, 0.29) is 23.9 Å². The largest absolute Gasteiger partial charge is 0.358 e. The third-order valence-electron chi connectivity index (χ3n) is 3.85. The SMILES string of the molecule is CNC(=O)[C@@H]1CN(C(=O)c2ccncc2)CCN1C(C)C. The molecular weight excluding hydrogens is 268 g/mol. The number of hydrogen-bond donors (Lipinski definition) is 1. The fourth-order valence-corrected chi connectivity index (χ4v) is 2.68. The molecule has 0 aromatic carbocycles. The molecule has 0 radical (unpaired) electrons. The first-order valence-electron chi connectivity index (χ1n) is 7.21. The van der Waals surface area contributed by atoms with Crippen LogP contribution in [0.25, 0.3) is 0 Å². The molecule has 0 aliphatic carbocycles. The Morgan fingerprint density at radius 3 is 2.52 bits per heavy atom. The van der Waals surface area contributed by atoms with Gasteiger partial charge < -0.3 is 10.2 Å². The van der Waals surface area contributed by atoms with Crippen LogP contribution in [0.5, 0.6) is 0 Å². The maximum absolute atomic E-state index is 12.5. The summed E-state index contributed by atoms with van der Waals surface area (Å²) >= 11 is 0. The molecule has 1 atom stereocenters. The van der Waals surface area contributed by atoms with Crippen molar-refractivity contribution in [3.8, 4) is 0 Å². The molecule has 0 bridgehead atoms. The van der Waals surface area contributed by atoms with E-state index < -0.39 is 0 Å². The van der Waals surface area contributed by atoms with E-state index in [1.54, 1.807) is 36.5 Å². The first-order chi connectivity index (χ1) is 10.0. The van der Waals surface area contributed by atoms with Crippen LogP contribution in [0.1, 0.15) is 24.2 Å². The van der Waals surface area contributed by atoms with Gasteiger partial charge in [-0.2, -0.15) is 0 Å². The summed E-state index contributed by atoms with van der Waals surface area (Å²) in [5.74, 6) is -0.0920. The maximum Gasteiger partial charge on any atom is 0.254 e. The van der Waals surface area contributed by atoms with Crippen LogP contribution in [0, 0.1) is 0 Å². The molecule has 0 saturated carbocycles.